The molecule has 3 heteroatoms. The van der Waals surface area contributed by atoms with Gasteiger partial charge < -0.3 is 10.6 Å². The Hall–Kier alpha value is -0.120. The lowest BCUT2D eigenvalue weighted by molar-refractivity contribution is 0.278. The Morgan fingerprint density at radius 3 is 3.10 bits per heavy atom. The first-order valence-corrected chi connectivity index (χ1v) is 4.01. The SMILES string of the molecule is CNCN1CCCNCC1. The number of hydrogen-bond acceptors (Lipinski definition) is 3. The maximum Gasteiger partial charge on any atom is 0.0478 e. The van der Waals surface area contributed by atoms with Crippen molar-refractivity contribution in [2.45, 2.75) is 6.42 Å². The second kappa shape index (κ2) is 4.66. The lowest BCUT2D eigenvalue weighted by Crippen LogP contribution is -2.34. The van der Waals surface area contributed by atoms with E-state index >= 15 is 0 Å². The Morgan fingerprint density at radius 2 is 2.30 bits per heavy atom. The van der Waals surface area contributed by atoms with E-state index in [9.17, 15) is 0 Å². The molecule has 1 heterocycles. The third kappa shape index (κ3) is 2.64. The quantitative estimate of drug-likeness (QED) is 0.543. The third-order valence-electron chi connectivity index (χ3n) is 1.81. The molecule has 0 atom stereocenters. The molecule has 1 aliphatic heterocycles. The molecule has 0 radical (unpaired) electrons. The summed E-state index contributed by atoms with van der Waals surface area (Å²) >= 11 is 0. The van der Waals surface area contributed by atoms with E-state index in [1.807, 2.05) is 7.05 Å². The number of hydrogen-bond donors (Lipinski definition) is 2. The lowest BCUT2D eigenvalue weighted by Gasteiger charge is -2.17. The molecule has 0 spiro atoms. The number of nitrogens with zero attached hydrogens (tertiary/aromatic N) is 1. The van der Waals surface area contributed by atoms with Crippen molar-refractivity contribution in [3.63, 3.8) is 0 Å². The molecule has 1 aliphatic rings. The Balaban J connectivity index is 2.15. The molecule has 0 amide bonds. The van der Waals surface area contributed by atoms with Gasteiger partial charge in [0.15, 0.2) is 0 Å². The molecule has 0 aliphatic carbocycles. The van der Waals surface area contributed by atoms with Crippen LogP contribution in [0.15, 0.2) is 0 Å². The van der Waals surface area contributed by atoms with Crippen LogP contribution in [0.1, 0.15) is 6.42 Å². The fraction of sp³-hybridized carbons (Fsp3) is 1.00. The number of rotatable bonds is 2. The van der Waals surface area contributed by atoms with Crippen molar-refractivity contribution < 1.29 is 0 Å². The van der Waals surface area contributed by atoms with Crippen molar-refractivity contribution in [1.82, 2.24) is 15.5 Å². The molecule has 1 saturated heterocycles. The molecule has 3 nitrogen and oxygen atoms in total. The minimum Gasteiger partial charge on any atom is -0.315 e. The van der Waals surface area contributed by atoms with Crippen LogP contribution in [0.2, 0.25) is 0 Å². The lowest BCUT2D eigenvalue weighted by atomic mass is 10.4. The summed E-state index contributed by atoms with van der Waals surface area (Å²) in [6, 6.07) is 0. The van der Waals surface area contributed by atoms with Crippen LogP contribution < -0.4 is 10.6 Å². The van der Waals surface area contributed by atoms with Crippen LogP contribution in [-0.4, -0.2) is 44.8 Å². The highest BCUT2D eigenvalue weighted by atomic mass is 15.2. The van der Waals surface area contributed by atoms with Crippen molar-refractivity contribution in [3.05, 3.63) is 0 Å². The second-order valence-electron chi connectivity index (χ2n) is 2.73. The van der Waals surface area contributed by atoms with Gasteiger partial charge >= 0.3 is 0 Å². The van der Waals surface area contributed by atoms with Crippen LogP contribution >= 0.6 is 0 Å². The van der Waals surface area contributed by atoms with E-state index in [-0.39, 0.29) is 0 Å². The van der Waals surface area contributed by atoms with E-state index in [4.69, 9.17) is 0 Å². The van der Waals surface area contributed by atoms with Gasteiger partial charge in [-0.05, 0) is 20.0 Å². The summed E-state index contributed by atoms with van der Waals surface area (Å²) in [4.78, 5) is 2.43. The molecule has 0 aromatic rings. The van der Waals surface area contributed by atoms with Crippen LogP contribution in [0.5, 0.6) is 0 Å². The Labute approximate surface area is 62.8 Å². The van der Waals surface area contributed by atoms with E-state index in [1.165, 1.54) is 26.1 Å². The summed E-state index contributed by atoms with van der Waals surface area (Å²) in [7, 11) is 2.00. The highest BCUT2D eigenvalue weighted by Gasteiger charge is 2.05. The van der Waals surface area contributed by atoms with Gasteiger partial charge in [-0.3, -0.25) is 4.90 Å². The van der Waals surface area contributed by atoms with Gasteiger partial charge in [0.1, 0.15) is 0 Å². The van der Waals surface area contributed by atoms with Crippen LogP contribution in [0.25, 0.3) is 0 Å². The van der Waals surface area contributed by atoms with Gasteiger partial charge in [-0.1, -0.05) is 0 Å². The zero-order valence-corrected chi connectivity index (χ0v) is 6.69. The van der Waals surface area contributed by atoms with Gasteiger partial charge in [0.25, 0.3) is 0 Å². The van der Waals surface area contributed by atoms with Crippen LogP contribution in [-0.2, 0) is 0 Å². The summed E-state index contributed by atoms with van der Waals surface area (Å²) in [5.74, 6) is 0. The molecule has 0 saturated carbocycles. The van der Waals surface area contributed by atoms with E-state index < -0.39 is 0 Å². The molecule has 0 bridgehead atoms. The smallest absolute Gasteiger partial charge is 0.0478 e. The monoisotopic (exact) mass is 143 g/mol. The maximum atomic E-state index is 3.37. The van der Waals surface area contributed by atoms with Crippen LogP contribution in [0.4, 0.5) is 0 Å². The van der Waals surface area contributed by atoms with Gasteiger partial charge in [-0.15, -0.1) is 0 Å². The zero-order valence-electron chi connectivity index (χ0n) is 6.69. The van der Waals surface area contributed by atoms with Gasteiger partial charge in [0, 0.05) is 26.3 Å². The predicted octanol–water partition coefficient (Wildman–Crippen LogP) is -0.541. The van der Waals surface area contributed by atoms with Crippen molar-refractivity contribution in [3.8, 4) is 0 Å². The highest BCUT2D eigenvalue weighted by molar-refractivity contribution is 4.63. The van der Waals surface area contributed by atoms with E-state index in [0.717, 1.165) is 13.2 Å². The molecule has 2 N–H and O–H groups in total. The summed E-state index contributed by atoms with van der Waals surface area (Å²) in [6.07, 6.45) is 1.28. The van der Waals surface area contributed by atoms with Crippen LogP contribution in [0.3, 0.4) is 0 Å². The Kier molecular flexibility index (Phi) is 3.72. The second-order valence-corrected chi connectivity index (χ2v) is 2.73. The molecule has 0 aromatic carbocycles. The average Bonchev–Trinajstić information content (AvgIpc) is 2.17. The maximum absolute atomic E-state index is 3.37. The Bertz CT molecular complexity index is 76.9. The summed E-state index contributed by atoms with van der Waals surface area (Å²) < 4.78 is 0. The topological polar surface area (TPSA) is 27.3 Å². The van der Waals surface area contributed by atoms with E-state index in [1.54, 1.807) is 0 Å². The normalized spacial score (nSPS) is 22.5. The largest absolute Gasteiger partial charge is 0.315 e. The van der Waals surface area contributed by atoms with E-state index in [0.29, 0.717) is 0 Å². The highest BCUT2D eigenvalue weighted by Crippen LogP contribution is 1.91. The molecule has 0 unspecified atom stereocenters. The molecule has 1 rings (SSSR count). The van der Waals surface area contributed by atoms with Gasteiger partial charge in [0.05, 0.1) is 0 Å². The first-order chi connectivity index (χ1) is 4.93. The number of nitrogens with one attached hydrogen (secondary N) is 2. The molecule has 60 valence electrons. The van der Waals surface area contributed by atoms with Crippen LogP contribution in [0, 0.1) is 0 Å². The molecule has 0 aromatic heterocycles. The van der Waals surface area contributed by atoms with Crippen molar-refractivity contribution in [1.29, 1.82) is 0 Å². The Morgan fingerprint density at radius 1 is 1.40 bits per heavy atom. The zero-order chi connectivity index (χ0) is 7.23. The summed E-state index contributed by atoms with van der Waals surface area (Å²) in [5.41, 5.74) is 0. The minimum absolute atomic E-state index is 1.03. The fourth-order valence-electron chi connectivity index (χ4n) is 1.28. The molecular weight excluding hydrogens is 126 g/mol. The first-order valence-electron chi connectivity index (χ1n) is 4.01. The minimum atomic E-state index is 1.03. The van der Waals surface area contributed by atoms with Gasteiger partial charge in [-0.2, -0.15) is 0 Å². The van der Waals surface area contributed by atoms with Gasteiger partial charge in [0.2, 0.25) is 0 Å². The predicted molar refractivity (Wildman–Crippen MR) is 43.0 cm³/mol. The molecular formula is C7H17N3. The fourth-order valence-corrected chi connectivity index (χ4v) is 1.28. The van der Waals surface area contributed by atoms with Gasteiger partial charge in [-0.25, -0.2) is 0 Å². The first kappa shape index (κ1) is 7.98. The van der Waals surface area contributed by atoms with Crippen molar-refractivity contribution in [2.75, 3.05) is 39.9 Å². The molecule has 1 fully saturated rings. The standard InChI is InChI=1S/C7H17N3/c1-8-7-10-5-2-3-9-4-6-10/h8-9H,2-7H2,1H3. The summed E-state index contributed by atoms with van der Waals surface area (Å²) in [5, 5.41) is 6.53. The average molecular weight is 143 g/mol. The molecule has 10 heavy (non-hydrogen) atoms. The van der Waals surface area contributed by atoms with Crippen molar-refractivity contribution in [2.24, 2.45) is 0 Å². The third-order valence-corrected chi connectivity index (χ3v) is 1.81. The summed E-state index contributed by atoms with van der Waals surface area (Å²) in [6.45, 7) is 5.76. The van der Waals surface area contributed by atoms with E-state index in [2.05, 4.69) is 15.5 Å². The van der Waals surface area contributed by atoms with Crippen molar-refractivity contribution >= 4 is 0 Å².